The first-order valence-electron chi connectivity index (χ1n) is 21.5. The molecule has 0 heterocycles. The van der Waals surface area contributed by atoms with Gasteiger partial charge in [-0.2, -0.15) is 0 Å². The van der Waals surface area contributed by atoms with Crippen molar-refractivity contribution in [2.75, 3.05) is 0 Å². The Morgan fingerprint density at radius 1 is 0.784 bits per heavy atom. The molecule has 0 amide bonds. The number of carbonyl (C=O) groups is 1. The lowest BCUT2D eigenvalue weighted by Crippen LogP contribution is -2.51. The van der Waals surface area contributed by atoms with E-state index in [1.165, 1.54) is 64.2 Å². The first-order chi connectivity index (χ1) is 24.6. The monoisotopic (exact) mass is 697 g/mol. The largest absolute Gasteiger partial charge is 0.462 e. The van der Waals surface area contributed by atoms with E-state index in [1.54, 1.807) is 5.57 Å². The quantitative estimate of drug-likeness (QED) is 0.0581. The lowest BCUT2D eigenvalue weighted by Gasteiger charge is -2.58. The molecule has 51 heavy (non-hydrogen) atoms. The number of allylic oxidation sites excluding steroid dienone is 13. The molecule has 4 aliphatic rings. The molecule has 0 aliphatic heterocycles. The zero-order valence-electron chi connectivity index (χ0n) is 34.0. The van der Waals surface area contributed by atoms with E-state index in [4.69, 9.17) is 4.74 Å². The number of rotatable bonds is 19. The Morgan fingerprint density at radius 2 is 1.45 bits per heavy atom. The third-order valence-corrected chi connectivity index (χ3v) is 14.1. The van der Waals surface area contributed by atoms with Crippen LogP contribution in [0.3, 0.4) is 0 Å². The van der Waals surface area contributed by atoms with Crippen molar-refractivity contribution in [1.29, 1.82) is 0 Å². The lowest BCUT2D eigenvalue weighted by molar-refractivity contribution is -0.151. The topological polar surface area (TPSA) is 26.3 Å². The van der Waals surface area contributed by atoms with Gasteiger partial charge < -0.3 is 4.74 Å². The number of esters is 1. The van der Waals surface area contributed by atoms with Gasteiger partial charge in [0.15, 0.2) is 0 Å². The van der Waals surface area contributed by atoms with Crippen LogP contribution in [0.25, 0.3) is 0 Å². The Morgan fingerprint density at radius 3 is 2.16 bits per heavy atom. The summed E-state index contributed by atoms with van der Waals surface area (Å²) in [7, 11) is 0. The van der Waals surface area contributed by atoms with Crippen molar-refractivity contribution in [3.63, 3.8) is 0 Å². The van der Waals surface area contributed by atoms with Crippen LogP contribution in [0.15, 0.2) is 84.6 Å². The Kier molecular flexibility index (Phi) is 16.9. The fraction of sp³-hybridized carbons (Fsp3) is 0.694. The molecule has 0 aromatic carbocycles. The second-order valence-electron chi connectivity index (χ2n) is 17.8. The zero-order valence-corrected chi connectivity index (χ0v) is 34.0. The molecule has 3 fully saturated rings. The Hall–Kier alpha value is -2.35. The lowest BCUT2D eigenvalue weighted by atomic mass is 9.47. The van der Waals surface area contributed by atoms with Crippen molar-refractivity contribution in [3.05, 3.63) is 84.6 Å². The van der Waals surface area contributed by atoms with Gasteiger partial charge >= 0.3 is 5.97 Å². The van der Waals surface area contributed by atoms with E-state index in [0.717, 1.165) is 62.2 Å². The minimum absolute atomic E-state index is 0.0292. The van der Waals surface area contributed by atoms with Gasteiger partial charge in [-0.3, -0.25) is 4.79 Å². The summed E-state index contributed by atoms with van der Waals surface area (Å²) in [4.78, 5) is 12.8. The van der Waals surface area contributed by atoms with Gasteiger partial charge in [0.25, 0.3) is 0 Å². The second-order valence-corrected chi connectivity index (χ2v) is 17.8. The minimum atomic E-state index is 0.0292. The van der Waals surface area contributed by atoms with E-state index in [1.807, 2.05) is 0 Å². The second kappa shape index (κ2) is 20.8. The molecule has 284 valence electrons. The number of ether oxygens (including phenoxy) is 1. The molecule has 0 aromatic heterocycles. The average Bonchev–Trinajstić information content (AvgIpc) is 3.47. The van der Waals surface area contributed by atoms with Gasteiger partial charge in [0, 0.05) is 12.8 Å². The van der Waals surface area contributed by atoms with Crippen molar-refractivity contribution in [2.24, 2.45) is 52.3 Å². The fourth-order valence-corrected chi connectivity index (χ4v) is 10.5. The standard InChI is InChI=1S/C49H76O2/c1-8-9-10-11-12-13-14-15-16-17-18-19-20-21-22-23-24-25-26-47(50)51-42-33-35-48(6)41(37-42)29-30-43-45-32-31-44(49(45,7)36-34-46(43)48)40(5)28-27-39(4)38(2)3/h10-19,27-29,38-40,42-46H,8-9,20-26,30-37H2,1-7H3/b11-10+,13-12+,15-14+,17-16+,19-18+,28-27+. The molecule has 0 saturated heterocycles. The summed E-state index contributed by atoms with van der Waals surface area (Å²) in [5.41, 5.74) is 2.40. The summed E-state index contributed by atoms with van der Waals surface area (Å²) in [5.74, 6) is 5.39. The predicted octanol–water partition coefficient (Wildman–Crippen LogP) is 14.3. The fourth-order valence-electron chi connectivity index (χ4n) is 10.5. The van der Waals surface area contributed by atoms with Crippen LogP contribution in [0.1, 0.15) is 158 Å². The van der Waals surface area contributed by atoms with Gasteiger partial charge in [0.05, 0.1) is 0 Å². The molecule has 4 rings (SSSR count). The summed E-state index contributed by atoms with van der Waals surface area (Å²) < 4.78 is 6.12. The van der Waals surface area contributed by atoms with E-state index in [-0.39, 0.29) is 12.1 Å². The molecule has 0 radical (unpaired) electrons. The smallest absolute Gasteiger partial charge is 0.306 e. The number of hydrogen-bond acceptors (Lipinski definition) is 2. The van der Waals surface area contributed by atoms with Gasteiger partial charge in [-0.15, -0.1) is 0 Å². The molecule has 9 unspecified atom stereocenters. The maximum atomic E-state index is 12.8. The van der Waals surface area contributed by atoms with Crippen molar-refractivity contribution in [3.8, 4) is 0 Å². The van der Waals surface area contributed by atoms with Crippen molar-refractivity contribution in [2.45, 2.75) is 164 Å². The van der Waals surface area contributed by atoms with Crippen LogP contribution in [-0.4, -0.2) is 12.1 Å². The third kappa shape index (κ3) is 11.6. The van der Waals surface area contributed by atoms with Crippen LogP contribution in [-0.2, 0) is 9.53 Å². The van der Waals surface area contributed by atoms with Crippen LogP contribution in [0.5, 0.6) is 0 Å². The molecule has 4 aliphatic carbocycles. The summed E-state index contributed by atoms with van der Waals surface area (Å²) >= 11 is 0. The molecule has 0 spiro atoms. The number of unbranched alkanes of at least 4 members (excludes halogenated alkanes) is 6. The molecule has 2 nitrogen and oxygen atoms in total. The van der Waals surface area contributed by atoms with Gasteiger partial charge in [-0.05, 0) is 123 Å². The maximum Gasteiger partial charge on any atom is 0.306 e. The van der Waals surface area contributed by atoms with E-state index in [0.29, 0.717) is 35.0 Å². The van der Waals surface area contributed by atoms with Crippen LogP contribution < -0.4 is 0 Å². The first-order valence-corrected chi connectivity index (χ1v) is 21.5. The van der Waals surface area contributed by atoms with E-state index >= 15 is 0 Å². The van der Waals surface area contributed by atoms with Crippen LogP contribution in [0.2, 0.25) is 0 Å². The molecule has 3 saturated carbocycles. The van der Waals surface area contributed by atoms with Gasteiger partial charge in [0.2, 0.25) is 0 Å². The van der Waals surface area contributed by atoms with E-state index in [2.05, 4.69) is 127 Å². The Balaban J connectivity index is 1.12. The molecular formula is C49H76O2. The van der Waals surface area contributed by atoms with Crippen molar-refractivity contribution >= 4 is 5.97 Å². The third-order valence-electron chi connectivity index (χ3n) is 14.1. The summed E-state index contributed by atoms with van der Waals surface area (Å²) in [6, 6.07) is 0. The van der Waals surface area contributed by atoms with Crippen LogP contribution in [0.4, 0.5) is 0 Å². The van der Waals surface area contributed by atoms with E-state index < -0.39 is 0 Å². The maximum absolute atomic E-state index is 12.8. The summed E-state index contributed by atoms with van der Waals surface area (Å²) in [6.45, 7) is 17.0. The molecular weight excluding hydrogens is 621 g/mol. The Bertz CT molecular complexity index is 1270. The van der Waals surface area contributed by atoms with Gasteiger partial charge in [-0.25, -0.2) is 0 Å². The molecule has 0 bridgehead atoms. The first kappa shape index (κ1) is 41.4. The van der Waals surface area contributed by atoms with Crippen LogP contribution >= 0.6 is 0 Å². The predicted molar refractivity (Wildman–Crippen MR) is 220 cm³/mol. The molecule has 0 N–H and O–H groups in total. The minimum Gasteiger partial charge on any atom is -0.462 e. The summed E-state index contributed by atoms with van der Waals surface area (Å²) in [6.07, 6.45) is 48.7. The van der Waals surface area contributed by atoms with Gasteiger partial charge in [-0.1, -0.05) is 159 Å². The average molecular weight is 697 g/mol. The van der Waals surface area contributed by atoms with Crippen molar-refractivity contribution < 1.29 is 9.53 Å². The molecule has 9 atom stereocenters. The normalized spacial score (nSPS) is 32.4. The Labute approximate surface area is 315 Å². The van der Waals surface area contributed by atoms with Crippen molar-refractivity contribution in [1.82, 2.24) is 0 Å². The highest BCUT2D eigenvalue weighted by atomic mass is 16.5. The molecule has 2 heteroatoms. The number of hydrogen-bond donors (Lipinski definition) is 0. The number of carbonyl (C=O) groups excluding carboxylic acids is 1. The SMILES string of the molecule is CCC/C=C/C=C/C=C/C=C/C=C/CCCCCCCC(=O)OC1CCC2(C)C(=CCC3C2CCC2(C)C(C(C)/C=C/C(C)C(C)C)CCC32)C1. The zero-order chi connectivity index (χ0) is 36.7. The highest BCUT2D eigenvalue weighted by Gasteiger charge is 2.59. The number of fused-ring (bicyclic) bond motifs is 5. The highest BCUT2D eigenvalue weighted by molar-refractivity contribution is 5.69. The van der Waals surface area contributed by atoms with Crippen LogP contribution in [0, 0.1) is 52.3 Å². The summed E-state index contributed by atoms with van der Waals surface area (Å²) in [5, 5.41) is 0. The highest BCUT2D eigenvalue weighted by Crippen LogP contribution is 2.67. The van der Waals surface area contributed by atoms with E-state index in [9.17, 15) is 4.79 Å². The van der Waals surface area contributed by atoms with Gasteiger partial charge in [0.1, 0.15) is 6.10 Å². The molecule has 0 aromatic rings.